The highest BCUT2D eigenvalue weighted by molar-refractivity contribution is 6.30. The zero-order valence-electron chi connectivity index (χ0n) is 19.5. The molecule has 0 aromatic heterocycles. The number of ether oxygens (including phenoxy) is 3. The van der Waals surface area contributed by atoms with Crippen LogP contribution in [0.2, 0.25) is 5.02 Å². The molecule has 3 amide bonds. The van der Waals surface area contributed by atoms with Gasteiger partial charge in [-0.05, 0) is 48.4 Å². The number of imide groups is 1. The molecule has 1 atom stereocenters. The van der Waals surface area contributed by atoms with Crippen molar-refractivity contribution in [3.63, 3.8) is 0 Å². The lowest BCUT2D eigenvalue weighted by Gasteiger charge is -2.30. The lowest BCUT2D eigenvalue weighted by Crippen LogP contribution is -2.48. The molecule has 0 aliphatic carbocycles. The molecule has 4 rings (SSSR count). The maximum atomic E-state index is 11.5. The molecule has 0 saturated carbocycles. The number of carbonyl (C=O) groups is 2. The predicted molar refractivity (Wildman–Crippen MR) is 130 cm³/mol. The highest BCUT2D eigenvalue weighted by Gasteiger charge is 2.33. The highest BCUT2D eigenvalue weighted by Crippen LogP contribution is 2.21. The average molecular weight is 504 g/mol. The summed E-state index contributed by atoms with van der Waals surface area (Å²) in [5, 5.41) is 14.0. The van der Waals surface area contributed by atoms with Crippen molar-refractivity contribution in [1.29, 1.82) is 0 Å². The van der Waals surface area contributed by atoms with Gasteiger partial charge in [0.25, 0.3) is 0 Å². The summed E-state index contributed by atoms with van der Waals surface area (Å²) in [6.45, 7) is 3.66. The standard InChI is InChI=1S/C25H30ClN3O6/c26-20-4-8-22(9-5-20)35-18-25(32)16-28(11-13-33-17-25)14-19-2-6-21(7-3-19)34-12-1-10-29-15-23(30)27-24(29)31/h2-9,32H,1,10-18H2,(H,27,30,31)/t25-/m0/s1. The van der Waals surface area contributed by atoms with E-state index in [-0.39, 0.29) is 31.7 Å². The molecule has 2 aromatic rings. The van der Waals surface area contributed by atoms with E-state index in [1.807, 2.05) is 24.3 Å². The quantitative estimate of drug-likeness (QED) is 0.379. The van der Waals surface area contributed by atoms with Gasteiger partial charge in [0.2, 0.25) is 5.91 Å². The van der Waals surface area contributed by atoms with E-state index in [0.717, 1.165) is 11.3 Å². The van der Waals surface area contributed by atoms with Crippen molar-refractivity contribution in [1.82, 2.24) is 15.1 Å². The van der Waals surface area contributed by atoms with Crippen molar-refractivity contribution >= 4 is 23.5 Å². The molecule has 10 heteroatoms. The van der Waals surface area contributed by atoms with E-state index in [0.29, 0.717) is 56.6 Å². The summed E-state index contributed by atoms with van der Waals surface area (Å²) in [7, 11) is 0. The fourth-order valence-corrected chi connectivity index (χ4v) is 4.15. The van der Waals surface area contributed by atoms with Crippen LogP contribution < -0.4 is 14.8 Å². The van der Waals surface area contributed by atoms with Crippen molar-refractivity contribution in [3.05, 3.63) is 59.1 Å². The molecule has 35 heavy (non-hydrogen) atoms. The van der Waals surface area contributed by atoms with Gasteiger partial charge in [0.1, 0.15) is 30.3 Å². The minimum atomic E-state index is -1.13. The minimum Gasteiger partial charge on any atom is -0.494 e. The van der Waals surface area contributed by atoms with Gasteiger partial charge in [-0.15, -0.1) is 0 Å². The van der Waals surface area contributed by atoms with E-state index >= 15 is 0 Å². The lowest BCUT2D eigenvalue weighted by molar-refractivity contribution is -0.118. The largest absolute Gasteiger partial charge is 0.494 e. The fraction of sp³-hybridized carbons (Fsp3) is 0.440. The van der Waals surface area contributed by atoms with Gasteiger partial charge in [-0.3, -0.25) is 15.0 Å². The minimum absolute atomic E-state index is 0.109. The topological polar surface area (TPSA) is 101 Å². The summed E-state index contributed by atoms with van der Waals surface area (Å²) in [4.78, 5) is 26.4. The molecule has 0 unspecified atom stereocenters. The molecule has 9 nitrogen and oxygen atoms in total. The number of rotatable bonds is 10. The summed E-state index contributed by atoms with van der Waals surface area (Å²) >= 11 is 5.92. The van der Waals surface area contributed by atoms with E-state index < -0.39 is 5.60 Å². The van der Waals surface area contributed by atoms with Gasteiger partial charge in [-0.25, -0.2) is 4.79 Å². The molecule has 2 aliphatic rings. The number of nitrogens with zero attached hydrogens (tertiary/aromatic N) is 2. The van der Waals surface area contributed by atoms with Crippen LogP contribution in [0.3, 0.4) is 0 Å². The number of amides is 3. The Labute approximate surface area is 209 Å². The molecule has 2 heterocycles. The maximum absolute atomic E-state index is 11.5. The second-order valence-electron chi connectivity index (χ2n) is 8.85. The van der Waals surface area contributed by atoms with E-state index in [1.165, 1.54) is 4.90 Å². The molecule has 2 aromatic carbocycles. The van der Waals surface area contributed by atoms with Crippen LogP contribution in [0.4, 0.5) is 4.79 Å². The molecule has 2 saturated heterocycles. The zero-order chi connectivity index (χ0) is 24.7. The first-order chi connectivity index (χ1) is 16.9. The Bertz CT molecular complexity index is 1000. The maximum Gasteiger partial charge on any atom is 0.324 e. The van der Waals surface area contributed by atoms with Crippen molar-refractivity contribution < 1.29 is 28.9 Å². The third kappa shape index (κ3) is 7.57. The Hall–Kier alpha value is -2.85. The van der Waals surface area contributed by atoms with E-state index in [9.17, 15) is 14.7 Å². The summed E-state index contributed by atoms with van der Waals surface area (Å²) in [5.74, 6) is 1.11. The first-order valence-corrected chi connectivity index (χ1v) is 12.0. The van der Waals surface area contributed by atoms with Crippen molar-refractivity contribution in [3.8, 4) is 11.5 Å². The van der Waals surface area contributed by atoms with E-state index in [4.69, 9.17) is 25.8 Å². The number of halogens is 1. The molecular formula is C25H30ClN3O6. The third-order valence-corrected chi connectivity index (χ3v) is 6.05. The monoisotopic (exact) mass is 503 g/mol. The third-order valence-electron chi connectivity index (χ3n) is 5.80. The van der Waals surface area contributed by atoms with Crippen LogP contribution in [0.15, 0.2) is 48.5 Å². The van der Waals surface area contributed by atoms with Gasteiger partial charge < -0.3 is 24.2 Å². The van der Waals surface area contributed by atoms with Crippen molar-refractivity contribution in [2.75, 3.05) is 52.6 Å². The summed E-state index contributed by atoms with van der Waals surface area (Å²) in [6, 6.07) is 14.5. The number of β-amino-alcohol motifs (C(OH)–C–C–N with tert-alkyl or cyclic N) is 1. The number of hydrogen-bond acceptors (Lipinski definition) is 7. The summed E-state index contributed by atoms with van der Waals surface area (Å²) < 4.78 is 17.2. The normalized spacial score (nSPS) is 21.0. The van der Waals surface area contributed by atoms with Gasteiger partial charge >= 0.3 is 6.03 Å². The molecule has 2 fully saturated rings. The molecule has 0 radical (unpaired) electrons. The van der Waals surface area contributed by atoms with Crippen LogP contribution in [0.25, 0.3) is 0 Å². The van der Waals surface area contributed by atoms with E-state index in [2.05, 4.69) is 10.2 Å². The summed E-state index contributed by atoms with van der Waals surface area (Å²) in [5.41, 5.74) is -0.0387. The first-order valence-electron chi connectivity index (χ1n) is 11.6. The first kappa shape index (κ1) is 25.2. The van der Waals surface area contributed by atoms with Gasteiger partial charge in [0.15, 0.2) is 0 Å². The van der Waals surface area contributed by atoms with Crippen molar-refractivity contribution in [2.45, 2.75) is 18.6 Å². The lowest BCUT2D eigenvalue weighted by atomic mass is 10.1. The van der Waals surface area contributed by atoms with Gasteiger partial charge in [0, 0.05) is 31.2 Å². The fourth-order valence-electron chi connectivity index (χ4n) is 4.03. The number of benzene rings is 2. The smallest absolute Gasteiger partial charge is 0.324 e. The predicted octanol–water partition coefficient (Wildman–Crippen LogP) is 2.30. The van der Waals surface area contributed by atoms with Crippen molar-refractivity contribution in [2.24, 2.45) is 0 Å². The van der Waals surface area contributed by atoms with Crippen LogP contribution >= 0.6 is 11.6 Å². The number of aliphatic hydroxyl groups is 1. The van der Waals surface area contributed by atoms with Gasteiger partial charge in [-0.2, -0.15) is 0 Å². The van der Waals surface area contributed by atoms with Gasteiger partial charge in [-0.1, -0.05) is 23.7 Å². The highest BCUT2D eigenvalue weighted by atomic mass is 35.5. The number of nitrogens with one attached hydrogen (secondary N) is 1. The second kappa shape index (κ2) is 11.7. The molecular weight excluding hydrogens is 474 g/mol. The van der Waals surface area contributed by atoms with Crippen LogP contribution in [0.5, 0.6) is 11.5 Å². The number of urea groups is 1. The van der Waals surface area contributed by atoms with E-state index in [1.54, 1.807) is 24.3 Å². The summed E-state index contributed by atoms with van der Waals surface area (Å²) in [6.07, 6.45) is 0.632. The number of carbonyl (C=O) groups excluding carboxylic acids is 2. The van der Waals surface area contributed by atoms with Crippen LogP contribution in [-0.4, -0.2) is 85.1 Å². The molecule has 0 spiro atoms. The van der Waals surface area contributed by atoms with Crippen LogP contribution in [0.1, 0.15) is 12.0 Å². The average Bonchev–Trinajstić information content (AvgIpc) is 3.04. The van der Waals surface area contributed by atoms with Crippen LogP contribution in [0, 0.1) is 0 Å². The molecule has 0 bridgehead atoms. The molecule has 2 aliphatic heterocycles. The Balaban J connectivity index is 1.22. The van der Waals surface area contributed by atoms with Crippen LogP contribution in [-0.2, 0) is 16.1 Å². The Kier molecular flexibility index (Phi) is 8.46. The Morgan fingerprint density at radius 1 is 1.06 bits per heavy atom. The second-order valence-corrected chi connectivity index (χ2v) is 9.29. The Morgan fingerprint density at radius 2 is 1.77 bits per heavy atom. The number of hydrogen-bond donors (Lipinski definition) is 2. The molecule has 188 valence electrons. The van der Waals surface area contributed by atoms with Gasteiger partial charge in [0.05, 0.1) is 19.8 Å². The SMILES string of the molecule is O=C1CN(CCCOc2ccc(CN3CCOC[C@](O)(COc4ccc(Cl)cc4)C3)cc2)C(=O)N1. The Morgan fingerprint density at radius 3 is 2.49 bits per heavy atom. The molecule has 2 N–H and O–H groups in total. The zero-order valence-corrected chi connectivity index (χ0v) is 20.2.